The lowest BCUT2D eigenvalue weighted by atomic mass is 10.1. The first-order valence-electron chi connectivity index (χ1n) is 8.27. The van der Waals surface area contributed by atoms with Crippen LogP contribution in [0.25, 0.3) is 0 Å². The van der Waals surface area contributed by atoms with Crippen LogP contribution in [-0.4, -0.2) is 37.8 Å². The van der Waals surface area contributed by atoms with Crippen molar-refractivity contribution in [2.45, 2.75) is 45.8 Å². The fourth-order valence-corrected chi connectivity index (χ4v) is 2.60. The number of carbonyl (C=O) groups is 1. The van der Waals surface area contributed by atoms with E-state index in [1.54, 1.807) is 30.5 Å². The molecule has 0 saturated carbocycles. The fraction of sp³-hybridized carbons (Fsp3) is 0.474. The summed E-state index contributed by atoms with van der Waals surface area (Å²) in [6, 6.07) is 11.6. The van der Waals surface area contributed by atoms with E-state index in [9.17, 15) is 9.90 Å². The Morgan fingerprint density at radius 2 is 1.92 bits per heavy atom. The number of hydrogen-bond donors (Lipinski definition) is 1. The maximum absolute atomic E-state index is 13.0. The molecule has 0 saturated heterocycles. The van der Waals surface area contributed by atoms with Gasteiger partial charge in [-0.2, -0.15) is 5.10 Å². The molecule has 2 rings (SSSR count). The fourth-order valence-electron chi connectivity index (χ4n) is 2.60. The molecule has 0 unspecified atom stereocenters. The Kier molecular flexibility index (Phi) is 5.44. The van der Waals surface area contributed by atoms with E-state index in [1.807, 2.05) is 36.4 Å². The molecule has 1 amide bonds. The summed E-state index contributed by atoms with van der Waals surface area (Å²) in [5.41, 5.74) is 1.49. The quantitative estimate of drug-likeness (QED) is 0.886. The number of amides is 1. The van der Waals surface area contributed by atoms with E-state index >= 15 is 0 Å². The molecule has 0 spiro atoms. The standard InChI is InChI=1S/C19H27N3O2/c1-14(2)16-11-17(21(5)20-16)18(23)22(13-19(3,4)24)12-15-9-7-6-8-10-15/h6-11,14,24H,12-13H2,1-5H3. The molecule has 1 N–H and O–H groups in total. The van der Waals surface area contributed by atoms with Crippen LogP contribution in [0.2, 0.25) is 0 Å². The third kappa shape index (κ3) is 4.68. The molecule has 1 heterocycles. The van der Waals surface area contributed by atoms with Gasteiger partial charge in [-0.15, -0.1) is 0 Å². The third-order valence-electron chi connectivity index (χ3n) is 3.79. The first kappa shape index (κ1) is 18.2. The zero-order chi connectivity index (χ0) is 17.9. The molecular formula is C19H27N3O2. The van der Waals surface area contributed by atoms with Crippen molar-refractivity contribution < 1.29 is 9.90 Å². The minimum Gasteiger partial charge on any atom is -0.389 e. The Balaban J connectivity index is 2.30. The van der Waals surface area contributed by atoms with Crippen molar-refractivity contribution in [3.8, 4) is 0 Å². The molecule has 1 aromatic carbocycles. The molecule has 0 aliphatic heterocycles. The second-order valence-electron chi connectivity index (χ2n) is 7.19. The predicted octanol–water partition coefficient (Wildman–Crippen LogP) is 2.96. The molecule has 5 nitrogen and oxygen atoms in total. The average Bonchev–Trinajstić information content (AvgIpc) is 2.88. The largest absolute Gasteiger partial charge is 0.389 e. The maximum Gasteiger partial charge on any atom is 0.272 e. The van der Waals surface area contributed by atoms with E-state index in [0.29, 0.717) is 12.2 Å². The number of rotatable bonds is 6. The molecule has 0 aliphatic carbocycles. The highest BCUT2D eigenvalue weighted by Gasteiger charge is 2.26. The average molecular weight is 329 g/mol. The van der Waals surface area contributed by atoms with E-state index in [0.717, 1.165) is 11.3 Å². The van der Waals surface area contributed by atoms with Crippen LogP contribution in [-0.2, 0) is 13.6 Å². The number of hydrogen-bond acceptors (Lipinski definition) is 3. The number of aromatic nitrogens is 2. The summed E-state index contributed by atoms with van der Waals surface area (Å²) in [5.74, 6) is 0.137. The van der Waals surface area contributed by atoms with Crippen molar-refractivity contribution in [2.75, 3.05) is 6.54 Å². The van der Waals surface area contributed by atoms with Crippen LogP contribution in [0, 0.1) is 0 Å². The van der Waals surface area contributed by atoms with Gasteiger partial charge in [-0.1, -0.05) is 44.2 Å². The van der Waals surface area contributed by atoms with Crippen molar-refractivity contribution in [1.82, 2.24) is 14.7 Å². The summed E-state index contributed by atoms with van der Waals surface area (Å²) >= 11 is 0. The van der Waals surface area contributed by atoms with Crippen molar-refractivity contribution >= 4 is 5.91 Å². The van der Waals surface area contributed by atoms with Gasteiger partial charge in [0.15, 0.2) is 0 Å². The summed E-state index contributed by atoms with van der Waals surface area (Å²) in [7, 11) is 1.78. The molecule has 0 atom stereocenters. The van der Waals surface area contributed by atoms with Gasteiger partial charge >= 0.3 is 0 Å². The molecule has 1 aromatic heterocycles. The first-order chi connectivity index (χ1) is 11.2. The second-order valence-corrected chi connectivity index (χ2v) is 7.19. The van der Waals surface area contributed by atoms with Gasteiger partial charge in [0.2, 0.25) is 0 Å². The minimum atomic E-state index is -0.968. The smallest absolute Gasteiger partial charge is 0.272 e. The number of aryl methyl sites for hydroxylation is 1. The van der Waals surface area contributed by atoms with E-state index in [2.05, 4.69) is 18.9 Å². The molecule has 24 heavy (non-hydrogen) atoms. The Hall–Kier alpha value is -2.14. The SMILES string of the molecule is CC(C)c1cc(C(=O)N(Cc2ccccc2)CC(C)(C)O)n(C)n1. The van der Waals surface area contributed by atoms with Crippen LogP contribution >= 0.6 is 0 Å². The van der Waals surface area contributed by atoms with Gasteiger partial charge in [0.1, 0.15) is 5.69 Å². The van der Waals surface area contributed by atoms with E-state index in [-0.39, 0.29) is 18.4 Å². The molecule has 0 bridgehead atoms. The van der Waals surface area contributed by atoms with E-state index in [1.165, 1.54) is 0 Å². The van der Waals surface area contributed by atoms with Gasteiger partial charge in [-0.05, 0) is 31.4 Å². The number of benzene rings is 1. The van der Waals surface area contributed by atoms with Crippen molar-refractivity contribution in [2.24, 2.45) is 7.05 Å². The summed E-state index contributed by atoms with van der Waals surface area (Å²) in [4.78, 5) is 14.7. The molecular weight excluding hydrogens is 302 g/mol. The van der Waals surface area contributed by atoms with Crippen LogP contribution in [0.1, 0.15) is 55.4 Å². The zero-order valence-electron chi connectivity index (χ0n) is 15.2. The highest BCUT2D eigenvalue weighted by atomic mass is 16.3. The van der Waals surface area contributed by atoms with Gasteiger partial charge in [0, 0.05) is 20.1 Å². The lowest BCUT2D eigenvalue weighted by molar-refractivity contribution is 0.0274. The Morgan fingerprint density at radius 1 is 1.29 bits per heavy atom. The zero-order valence-corrected chi connectivity index (χ0v) is 15.2. The normalized spacial score (nSPS) is 11.8. The van der Waals surface area contributed by atoms with E-state index < -0.39 is 5.60 Å². The number of aliphatic hydroxyl groups is 1. The Labute approximate surface area is 143 Å². The minimum absolute atomic E-state index is 0.122. The van der Waals surface area contributed by atoms with Gasteiger partial charge in [0.05, 0.1) is 11.3 Å². The molecule has 5 heteroatoms. The summed E-state index contributed by atoms with van der Waals surface area (Å²) < 4.78 is 1.63. The third-order valence-corrected chi connectivity index (χ3v) is 3.79. The molecule has 0 aliphatic rings. The molecule has 0 fully saturated rings. The Bertz CT molecular complexity index is 684. The highest BCUT2D eigenvalue weighted by molar-refractivity contribution is 5.92. The van der Waals surface area contributed by atoms with Crippen molar-refractivity contribution in [3.05, 3.63) is 53.3 Å². The molecule has 130 valence electrons. The van der Waals surface area contributed by atoms with Gasteiger partial charge in [-0.3, -0.25) is 9.48 Å². The summed E-state index contributed by atoms with van der Waals surface area (Å²) in [5, 5.41) is 14.6. The second kappa shape index (κ2) is 7.18. The monoisotopic (exact) mass is 329 g/mol. The van der Waals surface area contributed by atoms with Crippen LogP contribution in [0.4, 0.5) is 0 Å². The molecule has 2 aromatic rings. The summed E-state index contributed by atoms with van der Waals surface area (Å²) in [6.07, 6.45) is 0. The first-order valence-corrected chi connectivity index (χ1v) is 8.27. The topological polar surface area (TPSA) is 58.4 Å². The van der Waals surface area contributed by atoms with Crippen molar-refractivity contribution in [3.63, 3.8) is 0 Å². The molecule has 0 radical (unpaired) electrons. The van der Waals surface area contributed by atoms with Crippen LogP contribution in [0.3, 0.4) is 0 Å². The predicted molar refractivity (Wildman–Crippen MR) is 94.8 cm³/mol. The van der Waals surface area contributed by atoms with Gasteiger partial charge in [0.25, 0.3) is 5.91 Å². The highest BCUT2D eigenvalue weighted by Crippen LogP contribution is 2.18. The van der Waals surface area contributed by atoms with Crippen molar-refractivity contribution in [1.29, 1.82) is 0 Å². The van der Waals surface area contributed by atoms with Crippen LogP contribution in [0.5, 0.6) is 0 Å². The van der Waals surface area contributed by atoms with Gasteiger partial charge in [-0.25, -0.2) is 0 Å². The number of nitrogens with zero attached hydrogens (tertiary/aromatic N) is 3. The van der Waals surface area contributed by atoms with Crippen LogP contribution < -0.4 is 0 Å². The van der Waals surface area contributed by atoms with Gasteiger partial charge < -0.3 is 10.0 Å². The van der Waals surface area contributed by atoms with Crippen LogP contribution in [0.15, 0.2) is 36.4 Å². The lowest BCUT2D eigenvalue weighted by Crippen LogP contribution is -2.42. The van der Waals surface area contributed by atoms with E-state index in [4.69, 9.17) is 0 Å². The maximum atomic E-state index is 13.0. The lowest BCUT2D eigenvalue weighted by Gasteiger charge is -2.29. The number of carbonyl (C=O) groups excluding carboxylic acids is 1. The Morgan fingerprint density at radius 3 is 2.42 bits per heavy atom. The summed E-state index contributed by atoms with van der Waals surface area (Å²) in [6.45, 7) is 8.22.